The highest BCUT2D eigenvalue weighted by Crippen LogP contribution is 2.37. The maximum atomic E-state index is 13.7. The van der Waals surface area contributed by atoms with E-state index >= 15 is 0 Å². The molecular formula is C20H16ClF3N2O. The van der Waals surface area contributed by atoms with Gasteiger partial charge in [-0.3, -0.25) is 4.79 Å². The Morgan fingerprint density at radius 3 is 2.26 bits per heavy atom. The van der Waals surface area contributed by atoms with Crippen molar-refractivity contribution in [2.24, 2.45) is 0 Å². The van der Waals surface area contributed by atoms with Crippen molar-refractivity contribution < 1.29 is 18.0 Å². The Hall–Kier alpha value is -2.73. The smallest absolute Gasteiger partial charge is 0.354 e. The molecule has 0 saturated carbocycles. The SMILES string of the molecule is CNC(=O)c1c(-c2ccc(Cl)cc2)cc(C(F)(F)F)n1Cc1ccccc1. The van der Waals surface area contributed by atoms with E-state index < -0.39 is 17.8 Å². The molecule has 0 fully saturated rings. The van der Waals surface area contributed by atoms with Crippen LogP contribution in [0.15, 0.2) is 60.7 Å². The molecule has 0 radical (unpaired) electrons. The van der Waals surface area contributed by atoms with Gasteiger partial charge in [0, 0.05) is 24.2 Å². The van der Waals surface area contributed by atoms with Crippen molar-refractivity contribution in [1.82, 2.24) is 9.88 Å². The fourth-order valence-electron chi connectivity index (χ4n) is 2.93. The van der Waals surface area contributed by atoms with Gasteiger partial charge in [-0.25, -0.2) is 0 Å². The van der Waals surface area contributed by atoms with Gasteiger partial charge in [0.25, 0.3) is 5.91 Å². The Balaban J connectivity index is 2.25. The maximum absolute atomic E-state index is 13.7. The number of nitrogens with one attached hydrogen (secondary N) is 1. The minimum atomic E-state index is -4.61. The summed E-state index contributed by atoms with van der Waals surface area (Å²) in [4.78, 5) is 12.5. The van der Waals surface area contributed by atoms with Crippen LogP contribution in [0, 0.1) is 0 Å². The largest absolute Gasteiger partial charge is 0.431 e. The zero-order valence-corrected chi connectivity index (χ0v) is 15.1. The van der Waals surface area contributed by atoms with Crippen LogP contribution in [-0.4, -0.2) is 17.5 Å². The van der Waals surface area contributed by atoms with Crippen molar-refractivity contribution in [2.45, 2.75) is 12.7 Å². The van der Waals surface area contributed by atoms with E-state index in [9.17, 15) is 18.0 Å². The standard InChI is InChI=1S/C20H16ClF3N2O/c1-25-19(27)18-16(14-7-9-15(21)10-8-14)11-17(20(22,23)24)26(18)12-13-5-3-2-4-6-13/h2-11H,12H2,1H3,(H,25,27). The third-order valence-electron chi connectivity index (χ3n) is 4.17. The molecular weight excluding hydrogens is 377 g/mol. The van der Waals surface area contributed by atoms with E-state index in [-0.39, 0.29) is 17.8 Å². The minimum Gasteiger partial charge on any atom is -0.354 e. The van der Waals surface area contributed by atoms with E-state index in [0.717, 1.165) is 10.6 Å². The van der Waals surface area contributed by atoms with Crippen LogP contribution in [0.1, 0.15) is 21.7 Å². The van der Waals surface area contributed by atoms with Gasteiger partial charge in [-0.2, -0.15) is 13.2 Å². The van der Waals surface area contributed by atoms with E-state index in [1.807, 2.05) is 0 Å². The molecule has 3 aromatic rings. The van der Waals surface area contributed by atoms with Crippen molar-refractivity contribution in [2.75, 3.05) is 7.05 Å². The molecule has 1 amide bonds. The molecule has 27 heavy (non-hydrogen) atoms. The molecule has 0 unspecified atom stereocenters. The summed E-state index contributed by atoms with van der Waals surface area (Å²) in [6.07, 6.45) is -4.61. The van der Waals surface area contributed by atoms with Crippen LogP contribution in [-0.2, 0) is 12.7 Å². The summed E-state index contributed by atoms with van der Waals surface area (Å²) >= 11 is 5.88. The molecule has 0 aliphatic rings. The van der Waals surface area contributed by atoms with Crippen molar-refractivity contribution in [1.29, 1.82) is 0 Å². The summed E-state index contributed by atoms with van der Waals surface area (Å²) in [5.74, 6) is -0.591. The minimum absolute atomic E-state index is 0.0454. The molecule has 3 rings (SSSR count). The number of amides is 1. The second-order valence-electron chi connectivity index (χ2n) is 5.95. The van der Waals surface area contributed by atoms with Gasteiger partial charge in [-0.1, -0.05) is 54.1 Å². The van der Waals surface area contributed by atoms with Crippen LogP contribution < -0.4 is 5.32 Å². The molecule has 1 N–H and O–H groups in total. The lowest BCUT2D eigenvalue weighted by Gasteiger charge is -2.15. The Kier molecular flexibility index (Phi) is 5.28. The molecule has 1 aromatic heterocycles. The number of benzene rings is 2. The number of carbonyl (C=O) groups is 1. The highest BCUT2D eigenvalue weighted by atomic mass is 35.5. The predicted molar refractivity (Wildman–Crippen MR) is 98.8 cm³/mol. The number of carbonyl (C=O) groups excluding carboxylic acids is 1. The Morgan fingerprint density at radius 2 is 1.70 bits per heavy atom. The monoisotopic (exact) mass is 392 g/mol. The van der Waals surface area contributed by atoms with Gasteiger partial charge in [0.1, 0.15) is 11.4 Å². The summed E-state index contributed by atoms with van der Waals surface area (Å²) in [6, 6.07) is 16.1. The Labute approximate surface area is 159 Å². The lowest BCUT2D eigenvalue weighted by Crippen LogP contribution is -2.25. The third-order valence-corrected chi connectivity index (χ3v) is 4.42. The molecule has 0 spiro atoms. The fraction of sp³-hybridized carbons (Fsp3) is 0.150. The summed E-state index contributed by atoms with van der Waals surface area (Å²) in [5.41, 5.74) is 0.418. The highest BCUT2D eigenvalue weighted by molar-refractivity contribution is 6.30. The number of nitrogens with zero attached hydrogens (tertiary/aromatic N) is 1. The lowest BCUT2D eigenvalue weighted by molar-refractivity contribution is -0.143. The first-order valence-corrected chi connectivity index (χ1v) is 8.51. The van der Waals surface area contributed by atoms with Crippen molar-refractivity contribution >= 4 is 17.5 Å². The van der Waals surface area contributed by atoms with Gasteiger partial charge >= 0.3 is 6.18 Å². The predicted octanol–water partition coefficient (Wildman–Crippen LogP) is 5.24. The normalized spacial score (nSPS) is 11.4. The van der Waals surface area contributed by atoms with Crippen LogP contribution in [0.5, 0.6) is 0 Å². The molecule has 2 aromatic carbocycles. The molecule has 0 aliphatic carbocycles. The van der Waals surface area contributed by atoms with Gasteiger partial charge in [0.15, 0.2) is 0 Å². The molecule has 1 heterocycles. The first kappa shape index (κ1) is 19.0. The molecule has 0 atom stereocenters. The molecule has 7 heteroatoms. The van der Waals surface area contributed by atoms with Gasteiger partial charge < -0.3 is 9.88 Å². The van der Waals surface area contributed by atoms with Gasteiger partial charge in [0.05, 0.1) is 0 Å². The second-order valence-corrected chi connectivity index (χ2v) is 6.38. The van der Waals surface area contributed by atoms with Crippen molar-refractivity contribution in [3.63, 3.8) is 0 Å². The molecule has 140 valence electrons. The fourth-order valence-corrected chi connectivity index (χ4v) is 3.05. The van der Waals surface area contributed by atoms with E-state index in [0.29, 0.717) is 16.1 Å². The van der Waals surface area contributed by atoms with Crippen LogP contribution >= 0.6 is 11.6 Å². The van der Waals surface area contributed by atoms with Crippen molar-refractivity contribution in [3.8, 4) is 11.1 Å². The second kappa shape index (κ2) is 7.48. The molecule has 0 bridgehead atoms. The number of aromatic nitrogens is 1. The maximum Gasteiger partial charge on any atom is 0.431 e. The van der Waals surface area contributed by atoms with E-state index in [1.54, 1.807) is 54.6 Å². The first-order valence-electron chi connectivity index (χ1n) is 8.14. The molecule has 0 aliphatic heterocycles. The zero-order valence-electron chi connectivity index (χ0n) is 14.3. The van der Waals surface area contributed by atoms with Gasteiger partial charge in [-0.15, -0.1) is 0 Å². The Bertz CT molecular complexity index is 948. The summed E-state index contributed by atoms with van der Waals surface area (Å²) in [5, 5.41) is 2.90. The topological polar surface area (TPSA) is 34.0 Å². The quantitative estimate of drug-likeness (QED) is 0.647. The van der Waals surface area contributed by atoms with Crippen molar-refractivity contribution in [3.05, 3.63) is 82.6 Å². The number of hydrogen-bond donors (Lipinski definition) is 1. The lowest BCUT2D eigenvalue weighted by atomic mass is 10.1. The number of alkyl halides is 3. The number of rotatable bonds is 4. The van der Waals surface area contributed by atoms with Crippen LogP contribution in [0.4, 0.5) is 13.2 Å². The van der Waals surface area contributed by atoms with Crippen LogP contribution in [0.25, 0.3) is 11.1 Å². The average Bonchev–Trinajstić information content (AvgIpc) is 3.02. The van der Waals surface area contributed by atoms with E-state index in [4.69, 9.17) is 11.6 Å². The first-order chi connectivity index (χ1) is 12.8. The average molecular weight is 393 g/mol. The summed E-state index contributed by atoms with van der Waals surface area (Å²) in [7, 11) is 1.39. The van der Waals surface area contributed by atoms with E-state index in [2.05, 4.69) is 5.32 Å². The van der Waals surface area contributed by atoms with Crippen LogP contribution in [0.2, 0.25) is 5.02 Å². The molecule has 3 nitrogen and oxygen atoms in total. The third kappa shape index (κ3) is 4.01. The highest BCUT2D eigenvalue weighted by Gasteiger charge is 2.38. The Morgan fingerprint density at radius 1 is 1.07 bits per heavy atom. The van der Waals surface area contributed by atoms with Gasteiger partial charge in [0.2, 0.25) is 0 Å². The van der Waals surface area contributed by atoms with Crippen LogP contribution in [0.3, 0.4) is 0 Å². The van der Waals surface area contributed by atoms with E-state index in [1.165, 1.54) is 7.05 Å². The van der Waals surface area contributed by atoms with Gasteiger partial charge in [-0.05, 0) is 29.3 Å². The molecule has 0 saturated heterocycles. The summed E-state index contributed by atoms with van der Waals surface area (Å²) < 4.78 is 42.2. The zero-order chi connectivity index (χ0) is 19.6. The number of hydrogen-bond acceptors (Lipinski definition) is 1. The summed E-state index contributed by atoms with van der Waals surface area (Å²) in [6.45, 7) is -0.0774. The number of halogens is 4.